The lowest BCUT2D eigenvalue weighted by Crippen LogP contribution is -2.18. The number of nitrogens with two attached hydrogens (primary N) is 1. The van der Waals surface area contributed by atoms with Gasteiger partial charge < -0.3 is 11.1 Å². The van der Waals surface area contributed by atoms with Gasteiger partial charge in [0.1, 0.15) is 5.69 Å². The summed E-state index contributed by atoms with van der Waals surface area (Å²) in [6.45, 7) is 3.99. The van der Waals surface area contributed by atoms with Crippen molar-refractivity contribution in [1.29, 1.82) is 0 Å². The molecule has 0 saturated heterocycles. The number of halogens is 2. The molecule has 0 spiro atoms. The van der Waals surface area contributed by atoms with E-state index in [1.54, 1.807) is 0 Å². The third-order valence-electron chi connectivity index (χ3n) is 2.35. The minimum absolute atomic E-state index is 0.0293. The highest BCUT2D eigenvalue weighted by Gasteiger charge is 2.12. The van der Waals surface area contributed by atoms with E-state index in [1.165, 1.54) is 0 Å². The predicted octanol–water partition coefficient (Wildman–Crippen LogP) is 3.49. The predicted molar refractivity (Wildman–Crippen MR) is 71.5 cm³/mol. The number of anilines is 2. The summed E-state index contributed by atoms with van der Waals surface area (Å²) in [6.07, 6.45) is 0.863. The van der Waals surface area contributed by atoms with Gasteiger partial charge in [-0.05, 0) is 37.0 Å². The van der Waals surface area contributed by atoms with E-state index in [4.69, 9.17) is 5.73 Å². The van der Waals surface area contributed by atoms with Crippen LogP contribution in [0.2, 0.25) is 0 Å². The molecule has 1 aromatic carbocycles. The minimum atomic E-state index is -0.641. The molecule has 0 aliphatic rings. The summed E-state index contributed by atoms with van der Waals surface area (Å²) in [5, 5.41) is 2.85. The first kappa shape index (κ1) is 14.1. The van der Waals surface area contributed by atoms with E-state index in [0.29, 0.717) is 0 Å². The Hall–Kier alpha value is -0.970. The van der Waals surface area contributed by atoms with Crippen LogP contribution in [0.15, 0.2) is 12.1 Å². The van der Waals surface area contributed by atoms with Crippen molar-refractivity contribution >= 4 is 23.1 Å². The molecule has 1 aromatic rings. The number of hydrogen-bond acceptors (Lipinski definition) is 3. The third-order valence-corrected chi connectivity index (χ3v) is 3.29. The molecule has 0 bridgehead atoms. The van der Waals surface area contributed by atoms with Crippen molar-refractivity contribution in [3.8, 4) is 0 Å². The van der Waals surface area contributed by atoms with Crippen LogP contribution in [0, 0.1) is 11.6 Å². The third kappa shape index (κ3) is 4.42. The fourth-order valence-corrected chi connectivity index (χ4v) is 2.26. The first-order valence-corrected chi connectivity index (χ1v) is 6.78. The Labute approximate surface area is 105 Å². The van der Waals surface area contributed by atoms with Crippen molar-refractivity contribution in [2.24, 2.45) is 0 Å². The zero-order valence-corrected chi connectivity index (χ0v) is 10.9. The van der Waals surface area contributed by atoms with E-state index in [-0.39, 0.29) is 17.4 Å². The van der Waals surface area contributed by atoms with Crippen molar-refractivity contribution in [3.05, 3.63) is 23.8 Å². The lowest BCUT2D eigenvalue weighted by Gasteiger charge is -2.16. The van der Waals surface area contributed by atoms with Gasteiger partial charge >= 0.3 is 0 Å². The fourth-order valence-electron chi connectivity index (χ4n) is 1.45. The molecule has 0 saturated carbocycles. The molecule has 96 valence electrons. The van der Waals surface area contributed by atoms with E-state index in [0.717, 1.165) is 30.1 Å². The molecular weight excluding hydrogens is 242 g/mol. The van der Waals surface area contributed by atoms with Gasteiger partial charge in [0.2, 0.25) is 0 Å². The van der Waals surface area contributed by atoms with E-state index >= 15 is 0 Å². The van der Waals surface area contributed by atoms with Crippen LogP contribution in [0.4, 0.5) is 20.2 Å². The van der Waals surface area contributed by atoms with Gasteiger partial charge in [-0.2, -0.15) is 11.8 Å². The Bertz CT molecular complexity index is 349. The van der Waals surface area contributed by atoms with Crippen LogP contribution in [-0.4, -0.2) is 17.5 Å². The number of nitrogens with one attached hydrogen (secondary N) is 1. The fraction of sp³-hybridized carbons (Fsp3) is 0.500. The maximum Gasteiger partial charge on any atom is 0.151 e. The summed E-state index contributed by atoms with van der Waals surface area (Å²) >= 11 is 1.81. The molecule has 17 heavy (non-hydrogen) atoms. The van der Waals surface area contributed by atoms with Crippen molar-refractivity contribution in [2.45, 2.75) is 26.3 Å². The number of nitrogen functional groups attached to an aromatic ring is 1. The lowest BCUT2D eigenvalue weighted by molar-refractivity contribution is 0.583. The lowest BCUT2D eigenvalue weighted by atomic mass is 10.2. The van der Waals surface area contributed by atoms with Crippen LogP contribution < -0.4 is 11.1 Å². The topological polar surface area (TPSA) is 38.0 Å². The van der Waals surface area contributed by atoms with Crippen molar-refractivity contribution in [1.82, 2.24) is 0 Å². The molecule has 0 fully saturated rings. The van der Waals surface area contributed by atoms with Gasteiger partial charge in [0.25, 0.3) is 0 Å². The quantitative estimate of drug-likeness (QED) is 0.607. The molecule has 0 aliphatic carbocycles. The zero-order valence-electron chi connectivity index (χ0n) is 10.1. The molecular formula is C12H18F2N2S. The first-order chi connectivity index (χ1) is 8.04. The number of hydrogen-bond donors (Lipinski definition) is 2. The molecule has 0 amide bonds. The largest absolute Gasteiger partial charge is 0.399 e. The highest BCUT2D eigenvalue weighted by Crippen LogP contribution is 2.23. The van der Waals surface area contributed by atoms with Crippen molar-refractivity contribution < 1.29 is 8.78 Å². The second kappa shape index (κ2) is 6.69. The number of benzene rings is 1. The summed E-state index contributed by atoms with van der Waals surface area (Å²) < 4.78 is 26.9. The average Bonchev–Trinajstić information content (AvgIpc) is 2.24. The molecule has 0 heterocycles. The standard InChI is InChI=1S/C12H18F2N2S/c1-3-17-5-4-8(2)16-12-10(13)6-9(15)7-11(12)14/h6-8,16H,3-5,15H2,1-2H3. The van der Waals surface area contributed by atoms with Crippen molar-refractivity contribution in [3.63, 3.8) is 0 Å². The summed E-state index contributed by atoms with van der Waals surface area (Å²) in [4.78, 5) is 0. The second-order valence-corrected chi connectivity index (χ2v) is 5.28. The van der Waals surface area contributed by atoms with Gasteiger partial charge in [0.15, 0.2) is 11.6 Å². The van der Waals surface area contributed by atoms with Gasteiger partial charge in [-0.1, -0.05) is 6.92 Å². The number of thioether (sulfide) groups is 1. The normalized spacial score (nSPS) is 12.5. The van der Waals surface area contributed by atoms with Crippen molar-refractivity contribution in [2.75, 3.05) is 22.6 Å². The van der Waals surface area contributed by atoms with E-state index in [1.807, 2.05) is 18.7 Å². The monoisotopic (exact) mass is 260 g/mol. The van der Waals surface area contributed by atoms with E-state index < -0.39 is 11.6 Å². The molecule has 3 N–H and O–H groups in total. The van der Waals surface area contributed by atoms with Crippen LogP contribution in [-0.2, 0) is 0 Å². The van der Waals surface area contributed by atoms with Gasteiger partial charge in [-0.3, -0.25) is 0 Å². The molecule has 0 aliphatic heterocycles. The second-order valence-electron chi connectivity index (χ2n) is 3.89. The van der Waals surface area contributed by atoms with Gasteiger partial charge in [-0.15, -0.1) is 0 Å². The van der Waals surface area contributed by atoms with Gasteiger partial charge in [0.05, 0.1) is 0 Å². The van der Waals surface area contributed by atoms with Crippen LogP contribution >= 0.6 is 11.8 Å². The highest BCUT2D eigenvalue weighted by atomic mass is 32.2. The maximum absolute atomic E-state index is 13.5. The van der Waals surface area contributed by atoms with E-state index in [2.05, 4.69) is 12.2 Å². The first-order valence-electron chi connectivity index (χ1n) is 5.63. The Kier molecular flexibility index (Phi) is 5.55. The molecule has 1 unspecified atom stereocenters. The molecule has 1 rings (SSSR count). The Morgan fingerprint density at radius 3 is 2.47 bits per heavy atom. The highest BCUT2D eigenvalue weighted by molar-refractivity contribution is 7.99. The summed E-state index contributed by atoms with van der Waals surface area (Å²) in [6, 6.07) is 2.28. The molecule has 0 aromatic heterocycles. The van der Waals surface area contributed by atoms with Gasteiger partial charge in [0, 0.05) is 11.7 Å². The Morgan fingerprint density at radius 2 is 1.94 bits per heavy atom. The Balaban J connectivity index is 2.61. The van der Waals surface area contributed by atoms with Crippen LogP contribution in [0.5, 0.6) is 0 Å². The van der Waals surface area contributed by atoms with Crippen LogP contribution in [0.3, 0.4) is 0 Å². The minimum Gasteiger partial charge on any atom is -0.399 e. The average molecular weight is 260 g/mol. The smallest absolute Gasteiger partial charge is 0.151 e. The zero-order chi connectivity index (χ0) is 12.8. The van der Waals surface area contributed by atoms with Crippen LogP contribution in [0.25, 0.3) is 0 Å². The number of rotatable bonds is 6. The van der Waals surface area contributed by atoms with Crippen LogP contribution in [0.1, 0.15) is 20.3 Å². The van der Waals surface area contributed by atoms with E-state index in [9.17, 15) is 8.78 Å². The summed E-state index contributed by atoms with van der Waals surface area (Å²) in [5.74, 6) is 0.746. The molecule has 0 radical (unpaired) electrons. The Morgan fingerprint density at radius 1 is 1.35 bits per heavy atom. The molecule has 1 atom stereocenters. The summed E-state index contributed by atoms with van der Waals surface area (Å²) in [7, 11) is 0. The maximum atomic E-state index is 13.5. The molecule has 5 heteroatoms. The SMILES string of the molecule is CCSCCC(C)Nc1c(F)cc(N)cc1F. The summed E-state index contributed by atoms with van der Waals surface area (Å²) in [5.41, 5.74) is 5.35. The van der Waals surface area contributed by atoms with Gasteiger partial charge in [-0.25, -0.2) is 8.78 Å². The molecule has 2 nitrogen and oxygen atoms in total.